The third-order valence-electron chi connectivity index (χ3n) is 8.41. The number of hydrogen-bond acceptors (Lipinski definition) is 3. The van der Waals surface area contributed by atoms with Gasteiger partial charge in [-0.3, -0.25) is 0 Å². The van der Waals surface area contributed by atoms with Crippen LogP contribution in [0.25, 0.3) is 39.3 Å². The summed E-state index contributed by atoms with van der Waals surface area (Å²) in [6.45, 7) is 4.26. The molecule has 7 aromatic rings. The lowest BCUT2D eigenvalue weighted by Crippen LogP contribution is -2.10. The second kappa shape index (κ2) is 11.6. The number of benzene rings is 5. The van der Waals surface area contributed by atoms with Crippen LogP contribution < -0.4 is 4.90 Å². The minimum atomic E-state index is -1.25. The molecule has 0 amide bonds. The van der Waals surface area contributed by atoms with Crippen LogP contribution in [0.5, 0.6) is 0 Å². The van der Waals surface area contributed by atoms with Crippen LogP contribution in [0.3, 0.4) is 0 Å². The largest absolute Gasteiger partial charge is 0.477 e. The molecule has 0 spiro atoms. The minimum Gasteiger partial charge on any atom is -0.477 e. The van der Waals surface area contributed by atoms with E-state index >= 15 is 0 Å². The zero-order valence-electron chi connectivity index (χ0n) is 25.4. The summed E-state index contributed by atoms with van der Waals surface area (Å²) in [6, 6.07) is 43.1. The number of rotatable bonds is 7. The van der Waals surface area contributed by atoms with Crippen molar-refractivity contribution in [3.8, 4) is 17.4 Å². The number of nitriles is 1. The highest BCUT2D eigenvalue weighted by atomic mass is 16.4. The van der Waals surface area contributed by atoms with E-state index in [0.29, 0.717) is 5.56 Å². The van der Waals surface area contributed by atoms with Crippen LogP contribution in [-0.4, -0.2) is 20.2 Å². The molecule has 0 radical (unpaired) electrons. The molecule has 222 valence electrons. The lowest BCUT2D eigenvalue weighted by atomic mass is 10.1. The summed E-state index contributed by atoms with van der Waals surface area (Å²) >= 11 is 0. The van der Waals surface area contributed by atoms with Gasteiger partial charge in [-0.2, -0.15) is 5.26 Å². The Kier molecular flexibility index (Phi) is 7.20. The molecule has 1 N–H and O–H groups in total. The van der Waals surface area contributed by atoms with E-state index in [1.807, 2.05) is 24.3 Å². The van der Waals surface area contributed by atoms with Crippen LogP contribution in [0.2, 0.25) is 0 Å². The van der Waals surface area contributed by atoms with Gasteiger partial charge in [0.05, 0.1) is 11.0 Å². The molecular weight excluding hydrogens is 568 g/mol. The van der Waals surface area contributed by atoms with Gasteiger partial charge in [-0.15, -0.1) is 0 Å². The maximum atomic E-state index is 11.4. The summed E-state index contributed by atoms with van der Waals surface area (Å²) in [7, 11) is 0. The molecule has 0 saturated heterocycles. The van der Waals surface area contributed by atoms with Gasteiger partial charge >= 0.3 is 5.97 Å². The molecule has 6 heteroatoms. The molecule has 7 rings (SSSR count). The number of aromatic nitrogens is 2. The summed E-state index contributed by atoms with van der Waals surface area (Å²) < 4.78 is 4.43. The van der Waals surface area contributed by atoms with Crippen molar-refractivity contribution in [3.05, 3.63) is 156 Å². The van der Waals surface area contributed by atoms with Gasteiger partial charge in [0.15, 0.2) is 0 Å². The molecular formula is C40H30N4O2. The van der Waals surface area contributed by atoms with E-state index in [1.165, 1.54) is 28.0 Å². The summed E-state index contributed by atoms with van der Waals surface area (Å²) in [5.41, 5.74) is 10.1. The first kappa shape index (κ1) is 28.5. The molecule has 2 heterocycles. The SMILES string of the molecule is Cc1cn(-c2ccc(N(c3ccc(/C=C(/C#N)C(=O)O)cc3)c3ccc(-n4cc(C)c5ccccc54)cc3)cc2)c2ccccc12. The minimum absolute atomic E-state index is 0.309. The number of carboxylic acids is 1. The van der Waals surface area contributed by atoms with E-state index in [0.717, 1.165) is 39.5 Å². The molecule has 46 heavy (non-hydrogen) atoms. The Morgan fingerprint density at radius 2 is 1.07 bits per heavy atom. The van der Waals surface area contributed by atoms with E-state index in [-0.39, 0.29) is 5.57 Å². The van der Waals surface area contributed by atoms with Crippen LogP contribution in [-0.2, 0) is 4.79 Å². The van der Waals surface area contributed by atoms with Crippen molar-refractivity contribution in [1.82, 2.24) is 9.13 Å². The maximum absolute atomic E-state index is 11.4. The van der Waals surface area contributed by atoms with Gasteiger partial charge in [-0.05, 0) is 109 Å². The van der Waals surface area contributed by atoms with Crippen molar-refractivity contribution in [1.29, 1.82) is 5.26 Å². The number of hydrogen-bond donors (Lipinski definition) is 1. The Morgan fingerprint density at radius 3 is 1.48 bits per heavy atom. The molecule has 0 bridgehead atoms. The zero-order valence-corrected chi connectivity index (χ0v) is 25.4. The van der Waals surface area contributed by atoms with Crippen LogP contribution in [0, 0.1) is 25.2 Å². The number of fused-ring (bicyclic) bond motifs is 2. The van der Waals surface area contributed by atoms with Crippen molar-refractivity contribution in [3.63, 3.8) is 0 Å². The fraction of sp³-hybridized carbons (Fsp3) is 0.0500. The Bertz CT molecular complexity index is 2180. The van der Waals surface area contributed by atoms with Crippen molar-refractivity contribution < 1.29 is 9.90 Å². The van der Waals surface area contributed by atoms with Crippen LogP contribution in [0.1, 0.15) is 16.7 Å². The van der Waals surface area contributed by atoms with E-state index in [2.05, 4.69) is 137 Å². The van der Waals surface area contributed by atoms with Gasteiger partial charge in [0.2, 0.25) is 0 Å². The number of aryl methyl sites for hydroxylation is 2. The maximum Gasteiger partial charge on any atom is 0.346 e. The quantitative estimate of drug-likeness (QED) is 0.146. The second-order valence-corrected chi connectivity index (χ2v) is 11.3. The third kappa shape index (κ3) is 5.10. The van der Waals surface area contributed by atoms with Crippen LogP contribution in [0.15, 0.2) is 139 Å². The topological polar surface area (TPSA) is 74.2 Å². The first-order valence-corrected chi connectivity index (χ1v) is 15.0. The molecule has 6 nitrogen and oxygen atoms in total. The number of nitrogens with zero attached hydrogens (tertiary/aromatic N) is 4. The molecule has 2 aromatic heterocycles. The first-order valence-electron chi connectivity index (χ1n) is 15.0. The summed E-state index contributed by atoms with van der Waals surface area (Å²) in [5.74, 6) is -1.25. The van der Waals surface area contributed by atoms with E-state index in [4.69, 9.17) is 0 Å². The number of anilines is 3. The zero-order chi connectivity index (χ0) is 31.8. The van der Waals surface area contributed by atoms with Crippen molar-refractivity contribution >= 4 is 50.9 Å². The predicted molar refractivity (Wildman–Crippen MR) is 185 cm³/mol. The Labute approximate surface area is 266 Å². The highest BCUT2D eigenvalue weighted by molar-refractivity contribution is 5.96. The molecule has 0 fully saturated rings. The molecule has 5 aromatic carbocycles. The lowest BCUT2D eigenvalue weighted by Gasteiger charge is -2.26. The monoisotopic (exact) mass is 598 g/mol. The Balaban J connectivity index is 1.29. The molecule has 0 atom stereocenters. The number of carbonyl (C=O) groups is 1. The number of carboxylic acid groups (broad SMARTS) is 1. The highest BCUT2D eigenvalue weighted by Crippen LogP contribution is 2.37. The number of para-hydroxylation sites is 2. The van der Waals surface area contributed by atoms with Crippen LogP contribution in [0.4, 0.5) is 17.1 Å². The Hall–Kier alpha value is -6.32. The van der Waals surface area contributed by atoms with Gasteiger partial charge < -0.3 is 19.1 Å². The molecule has 0 saturated carbocycles. The third-order valence-corrected chi connectivity index (χ3v) is 8.41. The molecule has 0 unspecified atom stereocenters. The van der Waals surface area contributed by atoms with E-state index in [9.17, 15) is 15.2 Å². The smallest absolute Gasteiger partial charge is 0.346 e. The first-order chi connectivity index (χ1) is 22.4. The average Bonchev–Trinajstić information content (AvgIpc) is 3.61. The summed E-state index contributed by atoms with van der Waals surface area (Å²) in [5, 5.41) is 21.0. The van der Waals surface area contributed by atoms with Gasteiger partial charge in [-0.1, -0.05) is 48.5 Å². The van der Waals surface area contributed by atoms with Gasteiger partial charge in [-0.25, -0.2) is 4.79 Å². The number of aliphatic carboxylic acids is 1. The summed E-state index contributed by atoms with van der Waals surface area (Å²) in [4.78, 5) is 13.6. The van der Waals surface area contributed by atoms with Crippen molar-refractivity contribution in [2.45, 2.75) is 13.8 Å². The fourth-order valence-electron chi connectivity index (χ4n) is 6.13. The normalized spacial score (nSPS) is 11.5. The summed E-state index contributed by atoms with van der Waals surface area (Å²) in [6.07, 6.45) is 5.72. The van der Waals surface area contributed by atoms with Crippen LogP contribution >= 0.6 is 0 Å². The van der Waals surface area contributed by atoms with Gasteiger partial charge in [0.25, 0.3) is 0 Å². The molecule has 0 aliphatic carbocycles. The van der Waals surface area contributed by atoms with Crippen molar-refractivity contribution in [2.24, 2.45) is 0 Å². The van der Waals surface area contributed by atoms with Gasteiger partial charge in [0, 0.05) is 51.6 Å². The second-order valence-electron chi connectivity index (χ2n) is 11.3. The highest BCUT2D eigenvalue weighted by Gasteiger charge is 2.15. The standard InChI is InChI=1S/C40H30N4O2/c1-27-25-42(38-9-5-3-7-36(27)38)31-15-19-34(20-16-31)44(33-13-11-29(12-14-33)23-30(24-41)40(45)46)35-21-17-32(18-22-35)43-26-28(2)37-8-4-6-10-39(37)43/h3-23,25-26H,1-2H3,(H,45,46)/b30-23-. The van der Waals surface area contributed by atoms with Crippen molar-refractivity contribution in [2.75, 3.05) is 4.90 Å². The van der Waals surface area contributed by atoms with Gasteiger partial charge in [0.1, 0.15) is 11.6 Å². The predicted octanol–water partition coefficient (Wildman–Crippen LogP) is 9.65. The van der Waals surface area contributed by atoms with E-state index in [1.54, 1.807) is 6.07 Å². The molecule has 0 aliphatic heterocycles. The molecule has 0 aliphatic rings. The Morgan fingerprint density at radius 1 is 0.652 bits per heavy atom. The average molecular weight is 599 g/mol. The fourth-order valence-corrected chi connectivity index (χ4v) is 6.13. The van der Waals surface area contributed by atoms with E-state index < -0.39 is 5.97 Å². The lowest BCUT2D eigenvalue weighted by molar-refractivity contribution is -0.132.